The third kappa shape index (κ3) is 3.34. The third-order valence-corrected chi connectivity index (χ3v) is 3.57. The molecular formula is C12H14IN3O2. The van der Waals surface area contributed by atoms with Crippen LogP contribution < -0.4 is 5.32 Å². The lowest BCUT2D eigenvalue weighted by Crippen LogP contribution is -2.49. The Morgan fingerprint density at radius 1 is 1.17 bits per heavy atom. The highest BCUT2D eigenvalue weighted by molar-refractivity contribution is 14.1. The average Bonchev–Trinajstić information content (AvgIpc) is 2.41. The van der Waals surface area contributed by atoms with E-state index < -0.39 is 0 Å². The van der Waals surface area contributed by atoms with Gasteiger partial charge in [-0.2, -0.15) is 0 Å². The van der Waals surface area contributed by atoms with Gasteiger partial charge in [0.2, 0.25) is 6.41 Å². The Kier molecular flexibility index (Phi) is 4.40. The van der Waals surface area contributed by atoms with Gasteiger partial charge in [0.15, 0.2) is 0 Å². The smallest absolute Gasteiger partial charge is 0.321 e. The first-order chi connectivity index (χ1) is 8.69. The number of hydrogen-bond donors (Lipinski definition) is 1. The van der Waals surface area contributed by atoms with Crippen LogP contribution in [0.1, 0.15) is 0 Å². The number of hydrogen-bond acceptors (Lipinski definition) is 2. The lowest BCUT2D eigenvalue weighted by Gasteiger charge is -2.32. The van der Waals surface area contributed by atoms with E-state index in [0.29, 0.717) is 26.2 Å². The summed E-state index contributed by atoms with van der Waals surface area (Å²) < 4.78 is 1.13. The highest BCUT2D eigenvalue weighted by atomic mass is 127. The van der Waals surface area contributed by atoms with Gasteiger partial charge in [0.1, 0.15) is 0 Å². The van der Waals surface area contributed by atoms with E-state index >= 15 is 0 Å². The van der Waals surface area contributed by atoms with Crippen LogP contribution in [0.15, 0.2) is 24.3 Å². The molecule has 6 heteroatoms. The Hall–Kier alpha value is -1.31. The number of rotatable bonds is 2. The Balaban J connectivity index is 1.88. The van der Waals surface area contributed by atoms with E-state index in [1.165, 1.54) is 0 Å². The lowest BCUT2D eigenvalue weighted by atomic mass is 10.3. The highest BCUT2D eigenvalue weighted by Crippen LogP contribution is 2.12. The molecule has 0 atom stereocenters. The summed E-state index contributed by atoms with van der Waals surface area (Å²) in [5, 5.41) is 2.85. The summed E-state index contributed by atoms with van der Waals surface area (Å²) in [6.07, 6.45) is 0.828. The maximum absolute atomic E-state index is 12.0. The average molecular weight is 359 g/mol. The number of nitrogens with zero attached hydrogens (tertiary/aromatic N) is 2. The predicted molar refractivity (Wildman–Crippen MR) is 77.4 cm³/mol. The van der Waals surface area contributed by atoms with E-state index in [0.717, 1.165) is 15.7 Å². The SMILES string of the molecule is O=CN1CCN(C(=O)Nc2ccc(I)cc2)CC1. The number of carbonyl (C=O) groups excluding carboxylic acids is 2. The number of nitrogens with one attached hydrogen (secondary N) is 1. The fourth-order valence-corrected chi connectivity index (χ4v) is 2.13. The van der Waals surface area contributed by atoms with Crippen molar-refractivity contribution in [1.82, 2.24) is 9.80 Å². The summed E-state index contributed by atoms with van der Waals surface area (Å²) in [6.45, 7) is 2.36. The molecule has 0 saturated carbocycles. The summed E-state index contributed by atoms with van der Waals surface area (Å²) in [6, 6.07) is 7.53. The van der Waals surface area contributed by atoms with Gasteiger partial charge >= 0.3 is 6.03 Å². The van der Waals surface area contributed by atoms with E-state index in [1.807, 2.05) is 24.3 Å². The van der Waals surface area contributed by atoms with Gasteiger partial charge in [0.25, 0.3) is 0 Å². The first-order valence-electron chi connectivity index (χ1n) is 5.70. The van der Waals surface area contributed by atoms with Gasteiger partial charge in [-0.15, -0.1) is 0 Å². The Morgan fingerprint density at radius 3 is 2.33 bits per heavy atom. The van der Waals surface area contributed by atoms with Crippen LogP contribution >= 0.6 is 22.6 Å². The quantitative estimate of drug-likeness (QED) is 0.644. The number of urea groups is 1. The number of benzene rings is 1. The molecule has 0 aliphatic carbocycles. The number of halogens is 1. The molecule has 1 aliphatic heterocycles. The van der Waals surface area contributed by atoms with Gasteiger partial charge in [-0.25, -0.2) is 4.79 Å². The number of piperazine rings is 1. The highest BCUT2D eigenvalue weighted by Gasteiger charge is 2.19. The van der Waals surface area contributed by atoms with Gasteiger partial charge < -0.3 is 15.1 Å². The van der Waals surface area contributed by atoms with Crippen LogP contribution in [0.25, 0.3) is 0 Å². The molecule has 3 amide bonds. The summed E-state index contributed by atoms with van der Waals surface area (Å²) in [7, 11) is 0. The van der Waals surface area contributed by atoms with Crippen molar-refractivity contribution >= 4 is 40.7 Å². The zero-order chi connectivity index (χ0) is 13.0. The zero-order valence-corrected chi connectivity index (χ0v) is 12.0. The molecule has 1 aliphatic rings. The summed E-state index contributed by atoms with van der Waals surface area (Å²) in [5.41, 5.74) is 0.790. The Labute approximate surface area is 119 Å². The van der Waals surface area contributed by atoms with Crippen LogP contribution in [0.3, 0.4) is 0 Å². The minimum absolute atomic E-state index is 0.109. The number of amides is 3. The maximum atomic E-state index is 12.0. The largest absolute Gasteiger partial charge is 0.342 e. The lowest BCUT2D eigenvalue weighted by molar-refractivity contribution is -0.119. The molecular weight excluding hydrogens is 345 g/mol. The van der Waals surface area contributed by atoms with E-state index in [9.17, 15) is 9.59 Å². The molecule has 0 aromatic heterocycles. The second kappa shape index (κ2) is 6.03. The van der Waals surface area contributed by atoms with Gasteiger partial charge in [-0.1, -0.05) is 0 Å². The third-order valence-electron chi connectivity index (χ3n) is 2.85. The van der Waals surface area contributed by atoms with E-state index in [4.69, 9.17) is 0 Å². The first kappa shape index (κ1) is 13.1. The molecule has 5 nitrogen and oxygen atoms in total. The van der Waals surface area contributed by atoms with Crippen molar-refractivity contribution in [3.05, 3.63) is 27.8 Å². The van der Waals surface area contributed by atoms with Crippen molar-refractivity contribution in [1.29, 1.82) is 0 Å². The van der Waals surface area contributed by atoms with Crippen molar-refractivity contribution in [3.8, 4) is 0 Å². The fraction of sp³-hybridized carbons (Fsp3) is 0.333. The van der Waals surface area contributed by atoms with Gasteiger partial charge in [0, 0.05) is 35.4 Å². The molecule has 1 saturated heterocycles. The molecule has 0 radical (unpaired) electrons. The molecule has 18 heavy (non-hydrogen) atoms. The first-order valence-corrected chi connectivity index (χ1v) is 6.78. The minimum atomic E-state index is -0.109. The zero-order valence-electron chi connectivity index (χ0n) is 9.80. The standard InChI is InChI=1S/C12H14IN3O2/c13-10-1-3-11(4-2-10)14-12(18)16-7-5-15(9-17)6-8-16/h1-4,9H,5-8H2,(H,14,18). The molecule has 96 valence electrons. The van der Waals surface area contributed by atoms with Crippen LogP contribution in [-0.2, 0) is 4.79 Å². The van der Waals surface area contributed by atoms with E-state index in [-0.39, 0.29) is 6.03 Å². The second-order valence-corrected chi connectivity index (χ2v) is 5.31. The maximum Gasteiger partial charge on any atom is 0.321 e. The molecule has 1 heterocycles. The molecule has 2 rings (SSSR count). The second-order valence-electron chi connectivity index (χ2n) is 4.07. The molecule has 0 bridgehead atoms. The summed E-state index contributed by atoms with van der Waals surface area (Å²) in [5.74, 6) is 0. The van der Waals surface area contributed by atoms with Crippen molar-refractivity contribution < 1.29 is 9.59 Å². The van der Waals surface area contributed by atoms with Gasteiger partial charge in [-0.05, 0) is 46.9 Å². The summed E-state index contributed by atoms with van der Waals surface area (Å²) in [4.78, 5) is 25.9. The number of carbonyl (C=O) groups is 2. The van der Waals surface area contributed by atoms with Crippen molar-refractivity contribution in [3.63, 3.8) is 0 Å². The molecule has 1 fully saturated rings. The summed E-state index contributed by atoms with van der Waals surface area (Å²) >= 11 is 2.22. The van der Waals surface area contributed by atoms with E-state index in [2.05, 4.69) is 27.9 Å². The Bertz CT molecular complexity index is 427. The van der Waals surface area contributed by atoms with Crippen LogP contribution in [-0.4, -0.2) is 48.4 Å². The predicted octanol–water partition coefficient (Wildman–Crippen LogP) is 1.60. The van der Waals surface area contributed by atoms with Crippen LogP contribution in [0.5, 0.6) is 0 Å². The van der Waals surface area contributed by atoms with Crippen molar-refractivity contribution in [2.45, 2.75) is 0 Å². The normalized spacial score (nSPS) is 15.4. The van der Waals surface area contributed by atoms with Crippen LogP contribution in [0, 0.1) is 3.57 Å². The molecule has 0 unspecified atom stereocenters. The van der Waals surface area contributed by atoms with Gasteiger partial charge in [-0.3, -0.25) is 4.79 Å². The molecule has 1 aromatic rings. The van der Waals surface area contributed by atoms with Crippen molar-refractivity contribution in [2.24, 2.45) is 0 Å². The van der Waals surface area contributed by atoms with Crippen LogP contribution in [0.2, 0.25) is 0 Å². The fourth-order valence-electron chi connectivity index (χ4n) is 1.77. The van der Waals surface area contributed by atoms with E-state index in [1.54, 1.807) is 9.80 Å². The Morgan fingerprint density at radius 2 is 1.78 bits per heavy atom. The topological polar surface area (TPSA) is 52.7 Å². The van der Waals surface area contributed by atoms with Crippen molar-refractivity contribution in [2.75, 3.05) is 31.5 Å². The monoisotopic (exact) mass is 359 g/mol. The molecule has 1 N–H and O–H groups in total. The van der Waals surface area contributed by atoms with Gasteiger partial charge in [0.05, 0.1) is 0 Å². The molecule has 1 aromatic carbocycles. The minimum Gasteiger partial charge on any atom is -0.342 e. The molecule has 0 spiro atoms. The van der Waals surface area contributed by atoms with Crippen LogP contribution in [0.4, 0.5) is 10.5 Å². The number of anilines is 1.